The quantitative estimate of drug-likeness (QED) is 0.439. The van der Waals surface area contributed by atoms with Crippen LogP contribution in [-0.4, -0.2) is 48.0 Å². The molecule has 3 aromatic rings. The minimum atomic E-state index is -5.08. The van der Waals surface area contributed by atoms with Gasteiger partial charge in [-0.15, -0.1) is 13.2 Å². The number of ether oxygens (including phenoxy) is 3. The number of halogens is 5. The van der Waals surface area contributed by atoms with Crippen molar-refractivity contribution in [3.05, 3.63) is 69.0 Å². The van der Waals surface area contributed by atoms with Crippen LogP contribution in [0.4, 0.5) is 17.6 Å². The lowest BCUT2D eigenvalue weighted by Gasteiger charge is -2.19. The molecule has 2 N–H and O–H groups in total. The van der Waals surface area contributed by atoms with Crippen LogP contribution in [0, 0.1) is 5.82 Å². The molecule has 0 aliphatic carbocycles. The second-order valence-electron chi connectivity index (χ2n) is 6.90. The zero-order valence-corrected chi connectivity index (χ0v) is 18.8. The van der Waals surface area contributed by atoms with Crippen molar-refractivity contribution < 1.29 is 36.6 Å². The lowest BCUT2D eigenvalue weighted by atomic mass is 10.1. The van der Waals surface area contributed by atoms with E-state index < -0.39 is 35.4 Å². The summed E-state index contributed by atoms with van der Waals surface area (Å²) in [7, 11) is 2.72. The Morgan fingerprint density at radius 3 is 2.57 bits per heavy atom. The third-order valence-electron chi connectivity index (χ3n) is 4.47. The standard InChI is InChI=1S/C21H17ClF4N4O5/c1-33-9-15(10-3-4-16(13(23)5-10)35-21(24,25)26)29-20(32)14-7-17(31)30-19(28-14)18-12(22)6-11(34-2)8-27-18/h3-8,15H,9H2,1-2H3,(H,29,32)(H,28,30,31). The van der Waals surface area contributed by atoms with Crippen LogP contribution in [0.2, 0.25) is 5.02 Å². The van der Waals surface area contributed by atoms with Gasteiger partial charge >= 0.3 is 6.36 Å². The first-order valence-electron chi connectivity index (χ1n) is 9.67. The third kappa shape index (κ3) is 6.67. The van der Waals surface area contributed by atoms with E-state index in [0.29, 0.717) is 5.75 Å². The minimum absolute atomic E-state index is 0.0787. The lowest BCUT2D eigenvalue weighted by Crippen LogP contribution is -2.33. The van der Waals surface area contributed by atoms with E-state index >= 15 is 0 Å². The molecule has 0 saturated heterocycles. The van der Waals surface area contributed by atoms with E-state index in [0.717, 1.165) is 24.3 Å². The van der Waals surface area contributed by atoms with Gasteiger partial charge in [0.2, 0.25) is 0 Å². The molecule has 0 fully saturated rings. The summed E-state index contributed by atoms with van der Waals surface area (Å²) in [6.45, 7) is -0.174. The van der Waals surface area contributed by atoms with Crippen molar-refractivity contribution in [1.29, 1.82) is 0 Å². The van der Waals surface area contributed by atoms with E-state index in [9.17, 15) is 27.2 Å². The van der Waals surface area contributed by atoms with Gasteiger partial charge in [0.15, 0.2) is 17.4 Å². The predicted molar refractivity (Wildman–Crippen MR) is 115 cm³/mol. The Morgan fingerprint density at radius 1 is 1.23 bits per heavy atom. The Labute approximate surface area is 200 Å². The molecule has 1 aromatic carbocycles. The monoisotopic (exact) mass is 516 g/mol. The second kappa shape index (κ2) is 10.7. The number of amides is 1. The fraction of sp³-hybridized carbons (Fsp3) is 0.238. The second-order valence-corrected chi connectivity index (χ2v) is 7.31. The van der Waals surface area contributed by atoms with Gasteiger partial charge in [0.25, 0.3) is 11.5 Å². The van der Waals surface area contributed by atoms with Gasteiger partial charge in [-0.25, -0.2) is 14.4 Å². The summed E-state index contributed by atoms with van der Waals surface area (Å²) in [4.78, 5) is 35.6. The number of aromatic amines is 1. The van der Waals surface area contributed by atoms with E-state index in [1.54, 1.807) is 0 Å². The van der Waals surface area contributed by atoms with Crippen LogP contribution in [0.5, 0.6) is 11.5 Å². The van der Waals surface area contributed by atoms with Crippen molar-refractivity contribution in [3.8, 4) is 23.0 Å². The molecule has 2 heterocycles. The van der Waals surface area contributed by atoms with Gasteiger partial charge in [-0.1, -0.05) is 17.7 Å². The van der Waals surface area contributed by atoms with Gasteiger partial charge in [-0.05, 0) is 17.7 Å². The summed E-state index contributed by atoms with van der Waals surface area (Å²) in [5.74, 6) is -2.92. The van der Waals surface area contributed by atoms with Crippen LogP contribution < -0.4 is 20.3 Å². The van der Waals surface area contributed by atoms with Crippen LogP contribution in [0.1, 0.15) is 22.1 Å². The van der Waals surface area contributed by atoms with Crippen LogP contribution in [0.3, 0.4) is 0 Å². The molecule has 0 aliphatic rings. The van der Waals surface area contributed by atoms with Gasteiger partial charge in [-0.2, -0.15) is 0 Å². The summed E-state index contributed by atoms with van der Waals surface area (Å²) in [5.41, 5.74) is -0.847. The summed E-state index contributed by atoms with van der Waals surface area (Å²) >= 11 is 6.16. The molecular weight excluding hydrogens is 500 g/mol. The molecule has 0 radical (unpaired) electrons. The summed E-state index contributed by atoms with van der Waals surface area (Å²) in [6.07, 6.45) is -3.74. The Bertz CT molecular complexity index is 1290. The van der Waals surface area contributed by atoms with Crippen LogP contribution in [0.15, 0.2) is 41.3 Å². The maximum Gasteiger partial charge on any atom is 0.573 e. The van der Waals surface area contributed by atoms with Gasteiger partial charge in [0.1, 0.15) is 17.1 Å². The highest BCUT2D eigenvalue weighted by molar-refractivity contribution is 6.33. The molecule has 0 saturated carbocycles. The number of alkyl halides is 3. The number of methoxy groups -OCH3 is 2. The number of benzene rings is 1. The first kappa shape index (κ1) is 25.9. The molecule has 1 amide bonds. The zero-order chi connectivity index (χ0) is 25.8. The molecular formula is C21H17ClF4N4O5. The lowest BCUT2D eigenvalue weighted by molar-refractivity contribution is -0.275. The number of hydrogen-bond acceptors (Lipinski definition) is 7. The smallest absolute Gasteiger partial charge is 0.495 e. The van der Waals surface area contributed by atoms with Crippen LogP contribution in [-0.2, 0) is 4.74 Å². The first-order valence-corrected chi connectivity index (χ1v) is 10.0. The Hall–Kier alpha value is -3.71. The number of aromatic nitrogens is 3. The Balaban J connectivity index is 1.88. The topological polar surface area (TPSA) is 115 Å². The van der Waals surface area contributed by atoms with Crippen molar-refractivity contribution in [2.24, 2.45) is 0 Å². The van der Waals surface area contributed by atoms with E-state index in [2.05, 4.69) is 25.0 Å². The number of nitrogens with one attached hydrogen (secondary N) is 2. The normalized spacial score (nSPS) is 12.2. The number of hydrogen-bond donors (Lipinski definition) is 2. The van der Waals surface area contributed by atoms with Crippen molar-refractivity contribution in [2.45, 2.75) is 12.4 Å². The van der Waals surface area contributed by atoms with Gasteiger partial charge in [0, 0.05) is 19.2 Å². The Kier molecular flexibility index (Phi) is 7.92. The highest BCUT2D eigenvalue weighted by Crippen LogP contribution is 2.28. The van der Waals surface area contributed by atoms with E-state index in [1.807, 2.05) is 0 Å². The largest absolute Gasteiger partial charge is 0.573 e. The fourth-order valence-electron chi connectivity index (χ4n) is 2.95. The van der Waals surface area contributed by atoms with Crippen LogP contribution >= 0.6 is 11.6 Å². The SMILES string of the molecule is COCC(NC(=O)c1cc(=O)[nH]c(-c2ncc(OC)cc2Cl)n1)c1ccc(OC(F)(F)F)c(F)c1. The molecule has 1 atom stereocenters. The summed E-state index contributed by atoms with van der Waals surface area (Å²) in [5, 5.41) is 2.60. The minimum Gasteiger partial charge on any atom is -0.495 e. The molecule has 14 heteroatoms. The predicted octanol–water partition coefficient (Wildman–Crippen LogP) is 3.65. The maximum absolute atomic E-state index is 14.2. The summed E-state index contributed by atoms with van der Waals surface area (Å²) in [6, 6.07) is 4.02. The van der Waals surface area contributed by atoms with Gasteiger partial charge in [-0.3, -0.25) is 9.59 Å². The number of carbonyl (C=O) groups is 1. The molecule has 0 spiro atoms. The summed E-state index contributed by atoms with van der Waals surface area (Å²) < 4.78 is 65.0. The van der Waals surface area contributed by atoms with E-state index in [4.69, 9.17) is 21.1 Å². The Morgan fingerprint density at radius 2 is 1.97 bits per heavy atom. The van der Waals surface area contributed by atoms with E-state index in [1.165, 1.54) is 26.5 Å². The number of rotatable bonds is 8. The zero-order valence-electron chi connectivity index (χ0n) is 18.1. The molecule has 186 valence electrons. The van der Waals surface area contributed by atoms with Gasteiger partial charge < -0.3 is 24.5 Å². The average molecular weight is 517 g/mol. The van der Waals surface area contributed by atoms with Crippen molar-refractivity contribution >= 4 is 17.5 Å². The first-order chi connectivity index (χ1) is 16.5. The highest BCUT2D eigenvalue weighted by Gasteiger charge is 2.32. The molecule has 35 heavy (non-hydrogen) atoms. The van der Waals surface area contributed by atoms with Crippen LogP contribution in [0.25, 0.3) is 11.5 Å². The number of H-pyrrole nitrogens is 1. The van der Waals surface area contributed by atoms with Crippen molar-refractivity contribution in [1.82, 2.24) is 20.3 Å². The van der Waals surface area contributed by atoms with Gasteiger partial charge in [0.05, 0.1) is 31.0 Å². The van der Waals surface area contributed by atoms with Crippen molar-refractivity contribution in [3.63, 3.8) is 0 Å². The molecule has 2 aromatic heterocycles. The molecule has 0 aliphatic heterocycles. The number of nitrogens with zero attached hydrogens (tertiary/aromatic N) is 2. The highest BCUT2D eigenvalue weighted by atomic mass is 35.5. The third-order valence-corrected chi connectivity index (χ3v) is 4.76. The number of carbonyl (C=O) groups excluding carboxylic acids is 1. The number of pyridine rings is 1. The molecule has 0 bridgehead atoms. The fourth-order valence-corrected chi connectivity index (χ4v) is 3.20. The molecule has 9 nitrogen and oxygen atoms in total. The molecule has 3 rings (SSSR count). The maximum atomic E-state index is 14.2. The van der Waals surface area contributed by atoms with E-state index in [-0.39, 0.29) is 34.4 Å². The molecule has 1 unspecified atom stereocenters. The average Bonchev–Trinajstić information content (AvgIpc) is 2.78. The van der Waals surface area contributed by atoms with Crippen molar-refractivity contribution in [2.75, 3.05) is 20.8 Å².